The predicted octanol–water partition coefficient (Wildman–Crippen LogP) is 1.92. The highest BCUT2D eigenvalue weighted by atomic mass is 35.5. The van der Waals surface area contributed by atoms with E-state index in [1.165, 1.54) is 0 Å². The minimum Gasteiger partial charge on any atom is -0.462 e. The van der Waals surface area contributed by atoms with Gasteiger partial charge in [-0.25, -0.2) is 9.79 Å². The highest BCUT2D eigenvalue weighted by Gasteiger charge is 2.29. The molecule has 20 heavy (non-hydrogen) atoms. The van der Waals surface area contributed by atoms with Crippen LogP contribution in [-0.4, -0.2) is 24.2 Å². The van der Waals surface area contributed by atoms with Gasteiger partial charge in [0.2, 0.25) is 0 Å². The lowest BCUT2D eigenvalue weighted by Gasteiger charge is -2.10. The fourth-order valence-electron chi connectivity index (χ4n) is 1.68. The number of nitrogens with one attached hydrogen (secondary N) is 2. The molecule has 2 rings (SSSR count). The standard InChI is InChI=1S/C13H13ClN4O2/c1-2-20-13(19)9-10(12(16)18-11(9)15)17-8-5-3-7(14)4-6-8/h3-6H,2H2,1H3,(H4,15,16,17,18). The van der Waals surface area contributed by atoms with Gasteiger partial charge in [0, 0.05) is 10.7 Å². The highest BCUT2D eigenvalue weighted by molar-refractivity contribution is 6.31. The first-order valence-corrected chi connectivity index (χ1v) is 6.28. The van der Waals surface area contributed by atoms with Crippen LogP contribution in [0.2, 0.25) is 5.02 Å². The molecule has 0 aromatic heterocycles. The molecule has 0 bridgehead atoms. The van der Waals surface area contributed by atoms with Crippen LogP contribution in [-0.2, 0) is 9.53 Å². The van der Waals surface area contributed by atoms with Crippen LogP contribution in [0.5, 0.6) is 0 Å². The van der Waals surface area contributed by atoms with Crippen LogP contribution in [0, 0.1) is 5.41 Å². The molecule has 0 saturated heterocycles. The second-order valence-corrected chi connectivity index (χ2v) is 4.38. The van der Waals surface area contributed by atoms with Crippen LogP contribution in [0.15, 0.2) is 40.5 Å². The predicted molar refractivity (Wildman–Crippen MR) is 78.1 cm³/mol. The van der Waals surface area contributed by atoms with E-state index in [-0.39, 0.29) is 29.5 Å². The lowest BCUT2D eigenvalue weighted by atomic mass is 10.2. The van der Waals surface area contributed by atoms with Gasteiger partial charge in [-0.15, -0.1) is 0 Å². The third kappa shape index (κ3) is 2.80. The maximum Gasteiger partial charge on any atom is 0.344 e. The summed E-state index contributed by atoms with van der Waals surface area (Å²) in [6.07, 6.45) is 0. The van der Waals surface area contributed by atoms with Crippen molar-refractivity contribution in [2.45, 2.75) is 6.92 Å². The number of hydrogen-bond donors (Lipinski definition) is 3. The molecular formula is C13H13ClN4O2. The summed E-state index contributed by atoms with van der Waals surface area (Å²) in [5, 5.41) is 11.2. The fourth-order valence-corrected chi connectivity index (χ4v) is 1.81. The van der Waals surface area contributed by atoms with E-state index in [0.29, 0.717) is 10.7 Å². The molecule has 0 fully saturated rings. The second-order valence-electron chi connectivity index (χ2n) is 3.95. The minimum atomic E-state index is -0.627. The SMILES string of the molecule is CCOC(=O)C1=C(Nc2ccc(Cl)cc2)C(N)=NC1=N. The van der Waals surface area contributed by atoms with Gasteiger partial charge < -0.3 is 15.8 Å². The number of rotatable bonds is 4. The molecule has 1 aromatic carbocycles. The summed E-state index contributed by atoms with van der Waals surface area (Å²) in [7, 11) is 0. The Morgan fingerprint density at radius 3 is 2.70 bits per heavy atom. The molecule has 0 atom stereocenters. The maximum absolute atomic E-state index is 11.8. The molecule has 104 valence electrons. The molecule has 0 spiro atoms. The lowest BCUT2D eigenvalue weighted by Crippen LogP contribution is -2.21. The number of carbonyl (C=O) groups excluding carboxylic acids is 1. The fraction of sp³-hybridized carbons (Fsp3) is 0.154. The Morgan fingerprint density at radius 1 is 1.45 bits per heavy atom. The molecule has 0 radical (unpaired) electrons. The highest BCUT2D eigenvalue weighted by Crippen LogP contribution is 2.21. The van der Waals surface area contributed by atoms with Gasteiger partial charge in [0.15, 0.2) is 11.7 Å². The average Bonchev–Trinajstić information content (AvgIpc) is 2.67. The van der Waals surface area contributed by atoms with Crippen molar-refractivity contribution in [1.82, 2.24) is 0 Å². The molecule has 0 saturated carbocycles. The van der Waals surface area contributed by atoms with Gasteiger partial charge in [-0.05, 0) is 31.2 Å². The van der Waals surface area contributed by atoms with Crippen molar-refractivity contribution < 1.29 is 9.53 Å². The number of ether oxygens (including phenoxy) is 1. The Labute approximate surface area is 120 Å². The van der Waals surface area contributed by atoms with Crippen molar-refractivity contribution in [3.8, 4) is 0 Å². The first-order chi connectivity index (χ1) is 9.52. The van der Waals surface area contributed by atoms with E-state index in [0.717, 1.165) is 0 Å². The van der Waals surface area contributed by atoms with Gasteiger partial charge in [-0.3, -0.25) is 5.41 Å². The van der Waals surface area contributed by atoms with Crippen molar-refractivity contribution in [3.63, 3.8) is 0 Å². The molecule has 1 heterocycles. The monoisotopic (exact) mass is 292 g/mol. The quantitative estimate of drug-likeness (QED) is 0.738. The van der Waals surface area contributed by atoms with E-state index in [4.69, 9.17) is 27.5 Å². The normalized spacial score (nSPS) is 14.3. The maximum atomic E-state index is 11.8. The van der Waals surface area contributed by atoms with Crippen LogP contribution in [0.25, 0.3) is 0 Å². The number of nitrogens with zero attached hydrogens (tertiary/aromatic N) is 1. The zero-order valence-corrected chi connectivity index (χ0v) is 11.5. The van der Waals surface area contributed by atoms with Crippen molar-refractivity contribution in [1.29, 1.82) is 5.41 Å². The molecule has 7 heteroatoms. The number of benzene rings is 1. The van der Waals surface area contributed by atoms with Crippen molar-refractivity contribution >= 4 is 34.9 Å². The van der Waals surface area contributed by atoms with Crippen LogP contribution >= 0.6 is 11.6 Å². The van der Waals surface area contributed by atoms with Crippen molar-refractivity contribution in [2.75, 3.05) is 11.9 Å². The number of esters is 1. The second kappa shape index (κ2) is 5.75. The van der Waals surface area contributed by atoms with Crippen LogP contribution in [0.4, 0.5) is 5.69 Å². The average molecular weight is 293 g/mol. The number of nitrogens with two attached hydrogens (primary N) is 1. The zero-order valence-electron chi connectivity index (χ0n) is 10.7. The molecular weight excluding hydrogens is 280 g/mol. The zero-order chi connectivity index (χ0) is 14.7. The summed E-state index contributed by atoms with van der Waals surface area (Å²) in [5.74, 6) is -0.761. The van der Waals surface area contributed by atoms with Crippen LogP contribution in [0.1, 0.15) is 6.92 Å². The smallest absolute Gasteiger partial charge is 0.344 e. The number of hydrogen-bond acceptors (Lipinski definition) is 5. The molecule has 0 unspecified atom stereocenters. The summed E-state index contributed by atoms with van der Waals surface area (Å²) in [4.78, 5) is 15.6. The van der Waals surface area contributed by atoms with Crippen molar-refractivity contribution in [2.24, 2.45) is 10.7 Å². The van der Waals surface area contributed by atoms with Gasteiger partial charge in [0.05, 0.1) is 12.3 Å². The Hall–Kier alpha value is -2.34. The van der Waals surface area contributed by atoms with Gasteiger partial charge in [-0.2, -0.15) is 0 Å². The van der Waals surface area contributed by atoms with E-state index in [9.17, 15) is 4.79 Å². The minimum absolute atomic E-state index is 0.0271. The van der Waals surface area contributed by atoms with Gasteiger partial charge in [-0.1, -0.05) is 11.6 Å². The summed E-state index contributed by atoms with van der Waals surface area (Å²) in [5.41, 5.74) is 6.71. The Bertz CT molecular complexity index is 620. The van der Waals surface area contributed by atoms with Gasteiger partial charge >= 0.3 is 5.97 Å². The number of carbonyl (C=O) groups is 1. The number of aliphatic imine (C=N–C) groups is 1. The summed E-state index contributed by atoms with van der Waals surface area (Å²) >= 11 is 5.80. The van der Waals surface area contributed by atoms with Crippen molar-refractivity contribution in [3.05, 3.63) is 40.6 Å². The number of amidine groups is 2. The van der Waals surface area contributed by atoms with Crippen LogP contribution < -0.4 is 11.1 Å². The Morgan fingerprint density at radius 2 is 2.10 bits per heavy atom. The van der Waals surface area contributed by atoms with E-state index in [1.807, 2.05) is 0 Å². The van der Waals surface area contributed by atoms with Crippen LogP contribution in [0.3, 0.4) is 0 Å². The molecule has 6 nitrogen and oxygen atoms in total. The third-order valence-electron chi connectivity index (χ3n) is 2.57. The number of anilines is 1. The molecule has 1 aliphatic heterocycles. The van der Waals surface area contributed by atoms with E-state index in [2.05, 4.69) is 10.3 Å². The Balaban J connectivity index is 2.33. The molecule has 1 aliphatic rings. The van der Waals surface area contributed by atoms with E-state index >= 15 is 0 Å². The third-order valence-corrected chi connectivity index (χ3v) is 2.82. The first-order valence-electron chi connectivity index (χ1n) is 5.90. The van der Waals surface area contributed by atoms with E-state index < -0.39 is 5.97 Å². The summed E-state index contributed by atoms with van der Waals surface area (Å²) in [6, 6.07) is 6.85. The molecule has 0 aliphatic carbocycles. The van der Waals surface area contributed by atoms with Gasteiger partial charge in [0.25, 0.3) is 0 Å². The molecule has 0 amide bonds. The largest absolute Gasteiger partial charge is 0.462 e. The van der Waals surface area contributed by atoms with E-state index in [1.54, 1.807) is 31.2 Å². The summed E-state index contributed by atoms with van der Waals surface area (Å²) in [6.45, 7) is 1.90. The Kier molecular flexibility index (Phi) is 4.05. The molecule has 4 N–H and O–H groups in total. The van der Waals surface area contributed by atoms with Gasteiger partial charge in [0.1, 0.15) is 5.57 Å². The number of halogens is 1. The lowest BCUT2D eigenvalue weighted by molar-refractivity contribution is -0.137. The molecule has 1 aromatic rings. The first kappa shape index (κ1) is 14.1. The summed E-state index contributed by atoms with van der Waals surface area (Å²) < 4.78 is 4.90. The topological polar surface area (TPSA) is 101 Å².